The molecule has 0 spiro atoms. The quantitative estimate of drug-likeness (QED) is 0.353. The van der Waals surface area contributed by atoms with Crippen LogP contribution < -0.4 is 10.7 Å². The highest BCUT2D eigenvalue weighted by Gasteiger charge is 2.14. The SMILES string of the molecule is Cc1cc(/C=N\NC(=O)C(=O)NCc2ccc(Cl)cc2)c(C)n1-c1ccccc1Cl. The van der Waals surface area contributed by atoms with Crippen LogP contribution in [0, 0.1) is 13.8 Å². The zero-order valence-electron chi connectivity index (χ0n) is 16.4. The predicted octanol–water partition coefficient (Wildman–Crippen LogP) is 4.17. The van der Waals surface area contributed by atoms with E-state index in [-0.39, 0.29) is 6.54 Å². The van der Waals surface area contributed by atoms with Crippen molar-refractivity contribution in [2.45, 2.75) is 20.4 Å². The minimum atomic E-state index is -0.847. The molecular weight excluding hydrogens is 423 g/mol. The first-order chi connectivity index (χ1) is 14.4. The van der Waals surface area contributed by atoms with Crippen LogP contribution in [0.25, 0.3) is 5.69 Å². The number of benzene rings is 2. The third kappa shape index (κ3) is 5.09. The average molecular weight is 443 g/mol. The molecule has 0 saturated heterocycles. The van der Waals surface area contributed by atoms with Crippen LogP contribution >= 0.6 is 23.2 Å². The molecule has 0 saturated carbocycles. The summed E-state index contributed by atoms with van der Waals surface area (Å²) in [6, 6.07) is 16.4. The Labute approximate surface area is 184 Å². The van der Waals surface area contributed by atoms with Crippen molar-refractivity contribution in [3.05, 3.63) is 87.2 Å². The average Bonchev–Trinajstić information content (AvgIpc) is 3.01. The largest absolute Gasteiger partial charge is 0.344 e. The van der Waals surface area contributed by atoms with Gasteiger partial charge in [0.15, 0.2) is 0 Å². The smallest absolute Gasteiger partial charge is 0.329 e. The lowest BCUT2D eigenvalue weighted by molar-refractivity contribution is -0.139. The van der Waals surface area contributed by atoms with Gasteiger partial charge >= 0.3 is 11.8 Å². The van der Waals surface area contributed by atoms with Crippen LogP contribution in [0.4, 0.5) is 0 Å². The van der Waals surface area contributed by atoms with E-state index < -0.39 is 11.8 Å². The number of hydrogen-bond donors (Lipinski definition) is 2. The van der Waals surface area contributed by atoms with Gasteiger partial charge in [-0.1, -0.05) is 47.5 Å². The summed E-state index contributed by atoms with van der Waals surface area (Å²) >= 11 is 12.1. The number of aryl methyl sites for hydroxylation is 1. The number of carbonyl (C=O) groups is 2. The minimum Gasteiger partial charge on any atom is -0.344 e. The molecule has 0 unspecified atom stereocenters. The third-order valence-corrected chi connectivity index (χ3v) is 5.08. The molecule has 2 aromatic carbocycles. The second kappa shape index (κ2) is 9.61. The maximum Gasteiger partial charge on any atom is 0.329 e. The lowest BCUT2D eigenvalue weighted by Crippen LogP contribution is -2.37. The number of rotatable bonds is 5. The van der Waals surface area contributed by atoms with Crippen LogP contribution in [-0.2, 0) is 16.1 Å². The molecule has 6 nitrogen and oxygen atoms in total. The van der Waals surface area contributed by atoms with E-state index in [4.69, 9.17) is 23.2 Å². The molecule has 0 atom stereocenters. The van der Waals surface area contributed by atoms with Gasteiger partial charge in [-0.05, 0) is 49.7 Å². The van der Waals surface area contributed by atoms with Gasteiger partial charge < -0.3 is 9.88 Å². The van der Waals surface area contributed by atoms with Crippen molar-refractivity contribution in [1.29, 1.82) is 0 Å². The van der Waals surface area contributed by atoms with Crippen molar-refractivity contribution in [2.75, 3.05) is 0 Å². The van der Waals surface area contributed by atoms with Crippen molar-refractivity contribution in [3.8, 4) is 5.69 Å². The molecule has 0 fully saturated rings. The Kier molecular flexibility index (Phi) is 6.92. The van der Waals surface area contributed by atoms with Crippen LogP contribution in [0.2, 0.25) is 10.0 Å². The molecule has 2 amide bonds. The number of aromatic nitrogens is 1. The zero-order valence-corrected chi connectivity index (χ0v) is 18.0. The Morgan fingerprint density at radius 1 is 1.03 bits per heavy atom. The van der Waals surface area contributed by atoms with Crippen LogP contribution in [0.3, 0.4) is 0 Å². The molecule has 0 aliphatic carbocycles. The Hall–Kier alpha value is -3.09. The Morgan fingerprint density at radius 2 is 1.73 bits per heavy atom. The van der Waals surface area contributed by atoms with E-state index in [1.165, 1.54) is 6.21 Å². The first kappa shape index (κ1) is 21.6. The highest BCUT2D eigenvalue weighted by molar-refractivity contribution is 6.35. The molecule has 1 heterocycles. The van der Waals surface area contributed by atoms with Gasteiger partial charge in [-0.25, -0.2) is 5.43 Å². The molecule has 0 radical (unpaired) electrons. The highest BCUT2D eigenvalue weighted by Crippen LogP contribution is 2.25. The maximum atomic E-state index is 12.0. The summed E-state index contributed by atoms with van der Waals surface area (Å²) in [7, 11) is 0. The van der Waals surface area contributed by atoms with Crippen molar-refractivity contribution < 1.29 is 9.59 Å². The van der Waals surface area contributed by atoms with E-state index in [0.29, 0.717) is 10.0 Å². The molecule has 2 N–H and O–H groups in total. The van der Waals surface area contributed by atoms with E-state index in [1.54, 1.807) is 24.3 Å². The maximum absolute atomic E-state index is 12.0. The summed E-state index contributed by atoms with van der Waals surface area (Å²) in [5.41, 5.74) is 6.61. The topological polar surface area (TPSA) is 75.5 Å². The van der Waals surface area contributed by atoms with Gasteiger partial charge in [0.05, 0.1) is 16.9 Å². The van der Waals surface area contributed by atoms with Gasteiger partial charge in [0.2, 0.25) is 0 Å². The highest BCUT2D eigenvalue weighted by atomic mass is 35.5. The number of hydrazone groups is 1. The molecule has 0 bridgehead atoms. The van der Waals surface area contributed by atoms with Gasteiger partial charge in [0.1, 0.15) is 0 Å². The molecule has 3 aromatic rings. The molecule has 0 aliphatic rings. The Balaban J connectivity index is 1.61. The lowest BCUT2D eigenvalue weighted by Gasteiger charge is -2.11. The Bertz CT molecular complexity index is 1100. The van der Waals surface area contributed by atoms with Crippen molar-refractivity contribution in [2.24, 2.45) is 5.10 Å². The van der Waals surface area contributed by atoms with Gasteiger partial charge in [0, 0.05) is 28.5 Å². The molecule has 30 heavy (non-hydrogen) atoms. The number of hydrogen-bond acceptors (Lipinski definition) is 3. The molecule has 3 rings (SSSR count). The van der Waals surface area contributed by atoms with Crippen LogP contribution in [-0.4, -0.2) is 22.6 Å². The lowest BCUT2D eigenvalue weighted by atomic mass is 10.2. The van der Waals surface area contributed by atoms with Gasteiger partial charge in [-0.2, -0.15) is 5.10 Å². The van der Waals surface area contributed by atoms with Crippen LogP contribution in [0.1, 0.15) is 22.5 Å². The fourth-order valence-electron chi connectivity index (χ4n) is 3.00. The van der Waals surface area contributed by atoms with E-state index in [1.807, 2.05) is 48.7 Å². The molecular formula is C22H20Cl2N4O2. The zero-order chi connectivity index (χ0) is 21.7. The first-order valence-corrected chi connectivity index (χ1v) is 9.92. The first-order valence-electron chi connectivity index (χ1n) is 9.16. The normalized spacial score (nSPS) is 10.9. The molecule has 154 valence electrons. The number of para-hydroxylation sites is 1. The van der Waals surface area contributed by atoms with Gasteiger partial charge in [0.25, 0.3) is 0 Å². The fraction of sp³-hybridized carbons (Fsp3) is 0.136. The number of nitrogens with one attached hydrogen (secondary N) is 2. The summed E-state index contributed by atoms with van der Waals surface area (Å²) in [4.78, 5) is 23.9. The minimum absolute atomic E-state index is 0.214. The monoisotopic (exact) mass is 442 g/mol. The molecule has 0 aliphatic heterocycles. The summed E-state index contributed by atoms with van der Waals surface area (Å²) in [5.74, 6) is -1.62. The van der Waals surface area contributed by atoms with Gasteiger partial charge in [-0.15, -0.1) is 0 Å². The predicted molar refractivity (Wildman–Crippen MR) is 119 cm³/mol. The van der Waals surface area contributed by atoms with Crippen molar-refractivity contribution in [1.82, 2.24) is 15.3 Å². The molecule has 1 aromatic heterocycles. The summed E-state index contributed by atoms with van der Waals surface area (Å²) < 4.78 is 2.00. The third-order valence-electron chi connectivity index (χ3n) is 4.51. The second-order valence-electron chi connectivity index (χ2n) is 6.62. The van der Waals surface area contributed by atoms with E-state index in [9.17, 15) is 9.59 Å². The van der Waals surface area contributed by atoms with Crippen LogP contribution in [0.5, 0.6) is 0 Å². The number of nitrogens with zero attached hydrogens (tertiary/aromatic N) is 2. The van der Waals surface area contributed by atoms with Crippen molar-refractivity contribution in [3.63, 3.8) is 0 Å². The Morgan fingerprint density at radius 3 is 2.43 bits per heavy atom. The molecule has 8 heteroatoms. The second-order valence-corrected chi connectivity index (χ2v) is 7.47. The summed E-state index contributed by atoms with van der Waals surface area (Å²) in [5, 5.41) is 7.68. The van der Waals surface area contributed by atoms with E-state index in [0.717, 1.165) is 28.2 Å². The van der Waals surface area contributed by atoms with Crippen molar-refractivity contribution >= 4 is 41.2 Å². The number of carbonyl (C=O) groups excluding carboxylic acids is 2. The van der Waals surface area contributed by atoms with Gasteiger partial charge in [-0.3, -0.25) is 9.59 Å². The summed E-state index contributed by atoms with van der Waals surface area (Å²) in [6.07, 6.45) is 1.50. The van der Waals surface area contributed by atoms with E-state index >= 15 is 0 Å². The van der Waals surface area contributed by atoms with Crippen LogP contribution in [0.15, 0.2) is 59.7 Å². The standard InChI is InChI=1S/C22H20Cl2N4O2/c1-14-11-17(15(2)28(14)20-6-4-3-5-19(20)24)13-26-27-22(30)21(29)25-12-16-7-9-18(23)10-8-16/h3-11,13H,12H2,1-2H3,(H,25,29)(H,27,30)/b26-13-. The summed E-state index contributed by atoms with van der Waals surface area (Å²) in [6.45, 7) is 4.10. The van der Waals surface area contributed by atoms with E-state index in [2.05, 4.69) is 15.8 Å². The number of amides is 2. The fourth-order valence-corrected chi connectivity index (χ4v) is 3.34. The number of halogens is 2.